The zero-order valence-corrected chi connectivity index (χ0v) is 26.0. The fourth-order valence-electron chi connectivity index (χ4n) is 6.51. The van der Waals surface area contributed by atoms with Crippen molar-refractivity contribution >= 4 is 28.4 Å². The van der Waals surface area contributed by atoms with Crippen molar-refractivity contribution in [2.24, 2.45) is 5.92 Å². The Balaban J connectivity index is 1.20. The maximum absolute atomic E-state index is 11.2. The van der Waals surface area contributed by atoms with Crippen molar-refractivity contribution in [1.29, 1.82) is 5.26 Å². The van der Waals surface area contributed by atoms with E-state index in [-0.39, 0.29) is 12.5 Å². The Morgan fingerprint density at radius 2 is 1.76 bits per heavy atom. The van der Waals surface area contributed by atoms with E-state index in [1.807, 2.05) is 24.3 Å². The Morgan fingerprint density at radius 3 is 2.47 bits per heavy atom. The maximum Gasteiger partial charge on any atom is 0.309 e. The molecular formula is C35H33N5O4S. The largest absolute Gasteiger partial charge is 0.481 e. The molecule has 9 nitrogen and oxygen atoms in total. The van der Waals surface area contributed by atoms with Gasteiger partial charge in [-0.25, -0.2) is 9.97 Å². The third-order valence-corrected chi connectivity index (χ3v) is 10.1. The number of rotatable bonds is 8. The van der Waals surface area contributed by atoms with Crippen LogP contribution < -0.4 is 0 Å². The van der Waals surface area contributed by atoms with Gasteiger partial charge in [0.1, 0.15) is 16.6 Å². The predicted octanol–water partition coefficient (Wildman–Crippen LogP) is 5.64. The molecule has 45 heavy (non-hydrogen) atoms. The van der Waals surface area contributed by atoms with Gasteiger partial charge in [-0.3, -0.25) is 14.6 Å². The summed E-state index contributed by atoms with van der Waals surface area (Å²) in [5.41, 5.74) is 9.92. The zero-order valence-electron chi connectivity index (χ0n) is 25.2. The van der Waals surface area contributed by atoms with E-state index >= 15 is 0 Å². The topological polar surface area (TPSA) is 127 Å². The molecule has 4 heterocycles. The van der Waals surface area contributed by atoms with Crippen LogP contribution in [0.25, 0.3) is 44.3 Å². The quantitative estimate of drug-likeness (QED) is 0.227. The van der Waals surface area contributed by atoms with Gasteiger partial charge in [0.05, 0.1) is 23.8 Å². The molecule has 228 valence electrons. The highest BCUT2D eigenvalue weighted by Gasteiger charge is 2.32. The molecule has 0 spiro atoms. The first-order valence-electron chi connectivity index (χ1n) is 15.1. The van der Waals surface area contributed by atoms with Crippen LogP contribution in [0.5, 0.6) is 0 Å². The molecule has 2 N–H and O–H groups in total. The number of thiazole rings is 1. The van der Waals surface area contributed by atoms with Crippen molar-refractivity contribution in [3.8, 4) is 39.2 Å². The number of likely N-dealkylation sites (tertiary alicyclic amines) is 1. The molecule has 2 aliphatic rings. The number of carboxylic acids is 1. The third-order valence-electron chi connectivity index (χ3n) is 9.03. The SMILES string of the molecule is Cc1c(-c2nc3cc(CN4CC(C(=O)O)C4)cc(C#N)c3o2)cccc1-c1cccc(-c2nc3c(s2)CN(CCO)CC3)c1C. The van der Waals surface area contributed by atoms with Crippen molar-refractivity contribution in [1.82, 2.24) is 19.8 Å². The maximum atomic E-state index is 11.2. The molecule has 7 rings (SSSR count). The molecule has 2 aromatic heterocycles. The molecule has 5 aromatic rings. The zero-order chi connectivity index (χ0) is 31.2. The van der Waals surface area contributed by atoms with Gasteiger partial charge in [0, 0.05) is 61.7 Å². The van der Waals surface area contributed by atoms with Crippen LogP contribution in [0.1, 0.15) is 32.8 Å². The van der Waals surface area contributed by atoms with Crippen LogP contribution in [-0.2, 0) is 24.3 Å². The number of benzene rings is 3. The van der Waals surface area contributed by atoms with Gasteiger partial charge in [-0.05, 0) is 59.9 Å². The number of hydrogen-bond donors (Lipinski definition) is 2. The molecule has 0 radical (unpaired) electrons. The first kappa shape index (κ1) is 29.3. The number of nitriles is 1. The monoisotopic (exact) mass is 619 g/mol. The van der Waals surface area contributed by atoms with E-state index < -0.39 is 5.97 Å². The molecule has 3 aromatic carbocycles. The van der Waals surface area contributed by atoms with Crippen molar-refractivity contribution < 1.29 is 19.4 Å². The normalized spacial score (nSPS) is 15.6. The highest BCUT2D eigenvalue weighted by Crippen LogP contribution is 2.40. The number of aliphatic carboxylic acids is 1. The molecule has 10 heteroatoms. The van der Waals surface area contributed by atoms with E-state index in [0.29, 0.717) is 48.7 Å². The number of aromatic nitrogens is 2. The van der Waals surface area contributed by atoms with Gasteiger partial charge in [0.2, 0.25) is 5.89 Å². The van der Waals surface area contributed by atoms with Gasteiger partial charge in [-0.2, -0.15) is 5.26 Å². The molecule has 2 aliphatic heterocycles. The van der Waals surface area contributed by atoms with Crippen LogP contribution in [0.15, 0.2) is 52.9 Å². The lowest BCUT2D eigenvalue weighted by atomic mass is 9.91. The van der Waals surface area contributed by atoms with Gasteiger partial charge >= 0.3 is 5.97 Å². The molecule has 1 saturated heterocycles. The summed E-state index contributed by atoms with van der Waals surface area (Å²) in [5, 5.41) is 29.5. The number of oxazole rings is 1. The highest BCUT2D eigenvalue weighted by atomic mass is 32.1. The number of hydrogen-bond acceptors (Lipinski definition) is 9. The Kier molecular flexibility index (Phi) is 7.71. The lowest BCUT2D eigenvalue weighted by Gasteiger charge is -2.36. The van der Waals surface area contributed by atoms with Crippen molar-refractivity contribution in [2.75, 3.05) is 32.8 Å². The average molecular weight is 620 g/mol. The summed E-state index contributed by atoms with van der Waals surface area (Å²) in [7, 11) is 0. The summed E-state index contributed by atoms with van der Waals surface area (Å²) in [6.45, 7) is 8.37. The lowest BCUT2D eigenvalue weighted by Crippen LogP contribution is -2.49. The molecule has 0 bridgehead atoms. The first-order chi connectivity index (χ1) is 21.8. The molecule has 0 atom stereocenters. The number of fused-ring (bicyclic) bond motifs is 2. The van der Waals surface area contributed by atoms with E-state index in [9.17, 15) is 20.3 Å². The molecule has 0 saturated carbocycles. The summed E-state index contributed by atoms with van der Waals surface area (Å²) in [4.78, 5) is 26.7. The molecule has 0 amide bonds. The number of carboxylic acid groups (broad SMARTS) is 1. The Bertz CT molecular complexity index is 1980. The summed E-state index contributed by atoms with van der Waals surface area (Å²) < 4.78 is 6.24. The fraction of sp³-hybridized carbons (Fsp3) is 0.314. The second-order valence-electron chi connectivity index (χ2n) is 11.9. The number of aliphatic hydroxyl groups excluding tert-OH is 1. The minimum absolute atomic E-state index is 0.167. The van der Waals surface area contributed by atoms with E-state index in [1.165, 1.54) is 4.88 Å². The van der Waals surface area contributed by atoms with Gasteiger partial charge in [-0.15, -0.1) is 11.3 Å². The third kappa shape index (κ3) is 5.42. The Hall–Kier alpha value is -4.40. The molecule has 0 unspecified atom stereocenters. The number of β-amino-alcohol motifs (C(OH)–C–C–N with tert-alkyl or cyclic N) is 1. The van der Waals surface area contributed by atoms with Gasteiger partial charge in [0.25, 0.3) is 0 Å². The van der Waals surface area contributed by atoms with Gasteiger partial charge in [0.15, 0.2) is 5.58 Å². The molecule has 1 fully saturated rings. The summed E-state index contributed by atoms with van der Waals surface area (Å²) >= 11 is 1.74. The Labute approximate surface area is 265 Å². The number of nitrogens with zero attached hydrogens (tertiary/aromatic N) is 5. The number of aliphatic hydroxyl groups is 1. The predicted molar refractivity (Wildman–Crippen MR) is 173 cm³/mol. The molecular weight excluding hydrogens is 586 g/mol. The van der Waals surface area contributed by atoms with E-state index in [1.54, 1.807) is 11.3 Å². The first-order valence-corrected chi connectivity index (χ1v) is 16.0. The van der Waals surface area contributed by atoms with E-state index in [2.05, 4.69) is 54.0 Å². The van der Waals surface area contributed by atoms with Crippen LogP contribution in [0.2, 0.25) is 0 Å². The second kappa shape index (κ2) is 11.8. The van der Waals surface area contributed by atoms with E-state index in [0.717, 1.165) is 69.2 Å². The smallest absolute Gasteiger partial charge is 0.309 e. The van der Waals surface area contributed by atoms with Gasteiger partial charge in [-0.1, -0.05) is 30.3 Å². The summed E-state index contributed by atoms with van der Waals surface area (Å²) in [6.07, 6.45) is 0.897. The van der Waals surface area contributed by atoms with Gasteiger partial charge < -0.3 is 14.6 Å². The fourth-order valence-corrected chi connectivity index (χ4v) is 7.74. The van der Waals surface area contributed by atoms with E-state index in [4.69, 9.17) is 14.4 Å². The van der Waals surface area contributed by atoms with Crippen LogP contribution in [0, 0.1) is 31.1 Å². The summed E-state index contributed by atoms with van der Waals surface area (Å²) in [6, 6.07) is 18.5. The average Bonchev–Trinajstić information content (AvgIpc) is 3.63. The minimum atomic E-state index is -0.770. The van der Waals surface area contributed by atoms with Crippen molar-refractivity contribution in [3.05, 3.63) is 81.4 Å². The van der Waals surface area contributed by atoms with Crippen molar-refractivity contribution in [2.45, 2.75) is 33.4 Å². The van der Waals surface area contributed by atoms with Crippen LogP contribution >= 0.6 is 11.3 Å². The Morgan fingerprint density at radius 1 is 1.04 bits per heavy atom. The number of carbonyl (C=O) groups is 1. The second-order valence-corrected chi connectivity index (χ2v) is 13.0. The van der Waals surface area contributed by atoms with Crippen molar-refractivity contribution in [3.63, 3.8) is 0 Å². The highest BCUT2D eigenvalue weighted by molar-refractivity contribution is 7.15. The van der Waals surface area contributed by atoms with Crippen LogP contribution in [0.4, 0.5) is 0 Å². The molecule has 0 aliphatic carbocycles. The lowest BCUT2D eigenvalue weighted by molar-refractivity contribution is -0.147. The van der Waals surface area contributed by atoms with Crippen LogP contribution in [0.3, 0.4) is 0 Å². The summed E-state index contributed by atoms with van der Waals surface area (Å²) in [5.74, 6) is -0.646. The standard InChI is InChI=1S/C35H33N5O4S/c1-20-25(26-6-4-8-28(21(26)2)34-38-29-9-10-39(11-12-41)19-31(29)45-34)5-3-7-27(20)33-37-30-14-22(13-23(15-36)32(30)44-33)16-40-17-24(18-40)35(42)43/h3-8,13-14,24,41H,9-12,16-19H2,1-2H3,(H,42,43). The van der Waals surface area contributed by atoms with Crippen LogP contribution in [-0.4, -0.2) is 68.7 Å². The minimum Gasteiger partial charge on any atom is -0.481 e.